The topological polar surface area (TPSA) is 114 Å². The lowest BCUT2D eigenvalue weighted by atomic mass is 9.97. The molecule has 0 aliphatic carbocycles. The van der Waals surface area contributed by atoms with Crippen molar-refractivity contribution in [1.82, 2.24) is 0 Å². The van der Waals surface area contributed by atoms with Crippen molar-refractivity contribution in [2.45, 2.75) is 58.2 Å². The Kier molecular flexibility index (Phi) is 6.79. The zero-order chi connectivity index (χ0) is 19.4. The third kappa shape index (κ3) is 5.62. The fourth-order valence-electron chi connectivity index (χ4n) is 2.12. The number of carbonyl (C=O) groups is 4. The van der Waals surface area contributed by atoms with E-state index >= 15 is 0 Å². The van der Waals surface area contributed by atoms with Gasteiger partial charge in [-0.3, -0.25) is 19.2 Å². The average molecular weight is 367 g/mol. The molecule has 0 N–H and O–H groups in total. The minimum Gasteiger partial charge on any atom is -0.463 e. The first kappa shape index (κ1) is 20.7. The highest BCUT2D eigenvalue weighted by atomic mass is 19.2. The molecule has 0 bridgehead atoms. The lowest BCUT2D eigenvalue weighted by Gasteiger charge is -2.43. The number of carbonyl (C=O) groups excluding carboxylic acids is 4. The minimum atomic E-state index is -4.02. The van der Waals surface area contributed by atoms with E-state index in [4.69, 9.17) is 9.47 Å². The Morgan fingerprint density at radius 1 is 0.880 bits per heavy atom. The summed E-state index contributed by atoms with van der Waals surface area (Å²) < 4.78 is 52.5. The van der Waals surface area contributed by atoms with Crippen LogP contribution in [0.2, 0.25) is 0 Å². The van der Waals surface area contributed by atoms with Crippen molar-refractivity contribution in [3.05, 3.63) is 0 Å². The molecule has 0 aromatic rings. The average Bonchev–Trinajstić information content (AvgIpc) is 2.43. The van der Waals surface area contributed by atoms with Gasteiger partial charge in [0.05, 0.1) is 0 Å². The van der Waals surface area contributed by atoms with Crippen LogP contribution in [0.25, 0.3) is 0 Å². The van der Waals surface area contributed by atoms with Gasteiger partial charge in [-0.2, -0.15) is 8.78 Å². The van der Waals surface area contributed by atoms with Crippen molar-refractivity contribution in [2.75, 3.05) is 6.61 Å². The Hall–Kier alpha value is -2.30. The van der Waals surface area contributed by atoms with Crippen LogP contribution >= 0.6 is 0 Å². The Morgan fingerprint density at radius 2 is 1.40 bits per heavy atom. The molecule has 0 saturated carbocycles. The quantitative estimate of drug-likeness (QED) is 0.501. The highest BCUT2D eigenvalue weighted by molar-refractivity contribution is 5.68. The molecule has 11 heteroatoms. The molecule has 1 fully saturated rings. The molecule has 25 heavy (non-hydrogen) atoms. The smallest absolute Gasteiger partial charge is 0.348 e. The van der Waals surface area contributed by atoms with Gasteiger partial charge in [0.25, 0.3) is 6.29 Å². The molecule has 1 aliphatic heterocycles. The molecule has 1 saturated heterocycles. The summed E-state index contributed by atoms with van der Waals surface area (Å²) in [6.07, 6.45) is -7.99. The lowest BCUT2D eigenvalue weighted by molar-refractivity contribution is -0.349. The largest absolute Gasteiger partial charge is 0.463 e. The lowest BCUT2D eigenvalue weighted by Crippen LogP contribution is -2.65. The van der Waals surface area contributed by atoms with Gasteiger partial charge >= 0.3 is 29.8 Å². The number of rotatable bonds is 5. The Morgan fingerprint density at radius 3 is 1.84 bits per heavy atom. The van der Waals surface area contributed by atoms with Crippen LogP contribution in [0.5, 0.6) is 0 Å². The molecule has 9 nitrogen and oxygen atoms in total. The summed E-state index contributed by atoms with van der Waals surface area (Å²) in [5, 5.41) is 0. The Balaban J connectivity index is 3.22. The molecule has 0 aromatic carbocycles. The highest BCUT2D eigenvalue weighted by Crippen LogP contribution is 2.39. The SMILES string of the molecule is CC(=O)OC[C@H]1O[C@H](OC(C)=O)[C@](F)([18F])[C@@H](OC(C)=O)[C@@H]1OC(C)=O. The fraction of sp³-hybridized carbons (Fsp3) is 0.714. The maximum Gasteiger partial charge on any atom is 0.348 e. The van der Waals surface area contributed by atoms with Crippen LogP contribution in [0.4, 0.5) is 8.78 Å². The van der Waals surface area contributed by atoms with Gasteiger partial charge in [0.2, 0.25) is 6.10 Å². The zero-order valence-electron chi connectivity index (χ0n) is 13.9. The summed E-state index contributed by atoms with van der Waals surface area (Å²) in [4.78, 5) is 44.4. The van der Waals surface area contributed by atoms with E-state index in [1.807, 2.05) is 0 Å². The minimum absolute atomic E-state index is 0.598. The van der Waals surface area contributed by atoms with E-state index in [2.05, 4.69) is 14.2 Å². The molecule has 1 heterocycles. The third-order valence-corrected chi connectivity index (χ3v) is 2.98. The van der Waals surface area contributed by atoms with E-state index < -0.39 is 61.0 Å². The predicted octanol–water partition coefficient (Wildman–Crippen LogP) is 0.336. The first-order valence-corrected chi connectivity index (χ1v) is 7.13. The van der Waals surface area contributed by atoms with Crippen molar-refractivity contribution < 1.29 is 51.6 Å². The molecule has 142 valence electrons. The van der Waals surface area contributed by atoms with Crippen molar-refractivity contribution >= 4 is 23.9 Å². The number of esters is 4. The standard InChI is InChI=1S/C14H18F2O9/c1-6(17)21-5-10-11(22-7(2)18)12(23-8(3)19)14(15,16)13(25-10)24-9(4)20/h10-13H,5H2,1-4H3/t10-,11-,12+,13+/m1/s1/i15-1/t10-,11-,12+,13+,14+. The van der Waals surface area contributed by atoms with Gasteiger partial charge in [-0.15, -0.1) is 0 Å². The maximum absolute atomic E-state index is 14.5. The van der Waals surface area contributed by atoms with Crippen molar-refractivity contribution in [3.63, 3.8) is 0 Å². The van der Waals surface area contributed by atoms with Gasteiger partial charge < -0.3 is 23.7 Å². The molecule has 0 spiro atoms. The van der Waals surface area contributed by atoms with Crippen LogP contribution in [-0.4, -0.2) is 61.0 Å². The normalized spacial score (nSPS) is 31.6. The van der Waals surface area contributed by atoms with E-state index in [9.17, 15) is 28.0 Å². The second-order valence-corrected chi connectivity index (χ2v) is 5.20. The number of halogens is 2. The number of alkyl halides is 2. The summed E-state index contributed by atoms with van der Waals surface area (Å²) >= 11 is 0. The van der Waals surface area contributed by atoms with Crippen molar-refractivity contribution in [3.8, 4) is 0 Å². The van der Waals surface area contributed by atoms with Crippen molar-refractivity contribution in [2.24, 2.45) is 0 Å². The summed E-state index contributed by atoms with van der Waals surface area (Å²) in [6.45, 7) is 3.16. The number of hydrogen-bond acceptors (Lipinski definition) is 9. The summed E-state index contributed by atoms with van der Waals surface area (Å²) in [6, 6.07) is 0. The van der Waals surface area contributed by atoms with Crippen LogP contribution in [0.3, 0.4) is 0 Å². The van der Waals surface area contributed by atoms with Crippen LogP contribution in [0.15, 0.2) is 0 Å². The Labute approximate surface area is 141 Å². The second kappa shape index (κ2) is 8.19. The van der Waals surface area contributed by atoms with E-state index in [0.717, 1.165) is 27.7 Å². The summed E-state index contributed by atoms with van der Waals surface area (Å²) in [5.41, 5.74) is 0. The van der Waals surface area contributed by atoms with Gasteiger partial charge in [-0.25, -0.2) is 0 Å². The molecule has 0 amide bonds. The summed E-state index contributed by atoms with van der Waals surface area (Å²) in [7, 11) is 0. The number of ether oxygens (including phenoxy) is 5. The third-order valence-electron chi connectivity index (χ3n) is 2.98. The number of hydrogen-bond donors (Lipinski definition) is 0. The molecular weight excluding hydrogens is 349 g/mol. The fourth-order valence-corrected chi connectivity index (χ4v) is 2.12. The predicted molar refractivity (Wildman–Crippen MR) is 73.1 cm³/mol. The molecule has 0 unspecified atom stereocenters. The van der Waals surface area contributed by atoms with E-state index in [0.29, 0.717) is 0 Å². The summed E-state index contributed by atoms with van der Waals surface area (Å²) in [5.74, 6) is -7.90. The monoisotopic (exact) mass is 367 g/mol. The molecular formula is C14H18F2O9. The molecule has 1 rings (SSSR count). The molecule has 0 aromatic heterocycles. The molecule has 0 radical (unpaired) electrons. The van der Waals surface area contributed by atoms with Gasteiger partial charge in [0.1, 0.15) is 12.7 Å². The van der Waals surface area contributed by atoms with Crippen LogP contribution in [0, 0.1) is 0 Å². The van der Waals surface area contributed by atoms with Crippen LogP contribution < -0.4 is 0 Å². The second-order valence-electron chi connectivity index (χ2n) is 5.20. The van der Waals surface area contributed by atoms with E-state index in [-0.39, 0.29) is 0 Å². The van der Waals surface area contributed by atoms with Gasteiger partial charge in [0.15, 0.2) is 6.10 Å². The van der Waals surface area contributed by atoms with Crippen LogP contribution in [-0.2, 0) is 42.9 Å². The van der Waals surface area contributed by atoms with E-state index in [1.54, 1.807) is 0 Å². The maximum atomic E-state index is 14.5. The van der Waals surface area contributed by atoms with Crippen molar-refractivity contribution in [1.29, 1.82) is 0 Å². The molecule has 5 atom stereocenters. The van der Waals surface area contributed by atoms with Gasteiger partial charge in [-0.05, 0) is 0 Å². The Bertz CT molecular complexity index is 548. The molecule has 1 aliphatic rings. The van der Waals surface area contributed by atoms with Gasteiger partial charge in [-0.1, -0.05) is 0 Å². The van der Waals surface area contributed by atoms with Crippen LogP contribution in [0.1, 0.15) is 27.7 Å². The van der Waals surface area contributed by atoms with E-state index in [1.165, 1.54) is 0 Å². The zero-order valence-corrected chi connectivity index (χ0v) is 13.9. The first-order valence-electron chi connectivity index (χ1n) is 7.13. The highest BCUT2D eigenvalue weighted by Gasteiger charge is 2.63. The first-order chi connectivity index (χ1) is 11.4. The van der Waals surface area contributed by atoms with Gasteiger partial charge in [0, 0.05) is 27.7 Å².